The summed E-state index contributed by atoms with van der Waals surface area (Å²) in [6, 6.07) is 0. The number of ether oxygens (including phenoxy) is 1. The lowest BCUT2D eigenvalue weighted by Gasteiger charge is -2.07. The van der Waals surface area contributed by atoms with Crippen LogP contribution in [-0.4, -0.2) is 16.1 Å². The molecule has 0 bridgehead atoms. The Morgan fingerprint density at radius 2 is 2.15 bits per heavy atom. The Hall–Kier alpha value is -1.04. The van der Waals surface area contributed by atoms with E-state index in [1.807, 2.05) is 0 Å². The molecule has 1 heterocycles. The fourth-order valence-corrected chi connectivity index (χ4v) is 0.930. The van der Waals surface area contributed by atoms with Crippen molar-refractivity contribution in [1.29, 1.82) is 0 Å². The van der Waals surface area contributed by atoms with Crippen molar-refractivity contribution in [1.82, 2.24) is 9.78 Å². The van der Waals surface area contributed by atoms with Gasteiger partial charge in [0, 0.05) is 7.05 Å². The van der Waals surface area contributed by atoms with E-state index >= 15 is 0 Å². The van der Waals surface area contributed by atoms with Crippen LogP contribution in [0.1, 0.15) is 11.3 Å². The van der Waals surface area contributed by atoms with Crippen LogP contribution >= 0.6 is 0 Å². The summed E-state index contributed by atoms with van der Waals surface area (Å²) >= 11 is 0. The van der Waals surface area contributed by atoms with Crippen molar-refractivity contribution >= 4 is 0 Å². The minimum absolute atomic E-state index is 0.428. The summed E-state index contributed by atoms with van der Waals surface area (Å²) in [5.41, 5.74) is 1.11. The number of aromatic nitrogens is 2. The fourth-order valence-electron chi connectivity index (χ4n) is 0.930. The molecule has 3 nitrogen and oxygen atoms in total. The maximum atomic E-state index is 11.7. The molecule has 0 N–H and O–H groups in total. The van der Waals surface area contributed by atoms with Gasteiger partial charge >= 0.3 is 6.36 Å². The molecule has 0 aromatic carbocycles. The third-order valence-electron chi connectivity index (χ3n) is 1.64. The first-order chi connectivity index (χ1) is 5.90. The topological polar surface area (TPSA) is 27.1 Å². The van der Waals surface area contributed by atoms with Crippen molar-refractivity contribution in [3.63, 3.8) is 0 Å². The summed E-state index contributed by atoms with van der Waals surface area (Å²) in [6.07, 6.45) is -3.09. The van der Waals surface area contributed by atoms with Crippen LogP contribution in [0.4, 0.5) is 13.2 Å². The van der Waals surface area contributed by atoms with E-state index in [1.165, 1.54) is 10.9 Å². The highest BCUT2D eigenvalue weighted by Gasteiger charge is 2.29. The third kappa shape index (κ3) is 2.73. The highest BCUT2D eigenvalue weighted by molar-refractivity contribution is 5.14. The molecule has 0 amide bonds. The molecule has 1 aromatic heterocycles. The van der Waals surface area contributed by atoms with E-state index in [2.05, 4.69) is 9.84 Å². The van der Waals surface area contributed by atoms with E-state index in [-0.39, 0.29) is 0 Å². The molecule has 0 spiro atoms. The van der Waals surface area contributed by atoms with Gasteiger partial charge in [0.25, 0.3) is 0 Å². The maximum absolute atomic E-state index is 11.7. The molecule has 0 saturated heterocycles. The molecular weight excluding hydrogens is 185 g/mol. The summed E-state index contributed by atoms with van der Waals surface area (Å²) in [5.74, 6) is 0. The van der Waals surface area contributed by atoms with E-state index in [0.29, 0.717) is 11.3 Å². The molecule has 1 aromatic rings. The van der Waals surface area contributed by atoms with Crippen molar-refractivity contribution in [2.75, 3.05) is 0 Å². The highest BCUT2D eigenvalue weighted by Crippen LogP contribution is 2.19. The minimum atomic E-state index is -4.59. The SMILES string of the molecule is Cc1cnn(C)c1COC(F)(F)F. The van der Waals surface area contributed by atoms with Gasteiger partial charge in [-0.1, -0.05) is 0 Å². The van der Waals surface area contributed by atoms with E-state index in [9.17, 15) is 13.2 Å². The Morgan fingerprint density at radius 3 is 2.54 bits per heavy atom. The Bertz CT molecular complexity index is 273. The molecule has 13 heavy (non-hydrogen) atoms. The monoisotopic (exact) mass is 194 g/mol. The molecule has 0 saturated carbocycles. The highest BCUT2D eigenvalue weighted by atomic mass is 19.4. The van der Waals surface area contributed by atoms with Crippen molar-refractivity contribution in [3.05, 3.63) is 17.5 Å². The second-order valence-electron chi connectivity index (χ2n) is 2.63. The second kappa shape index (κ2) is 3.37. The zero-order valence-corrected chi connectivity index (χ0v) is 7.22. The van der Waals surface area contributed by atoms with Crippen LogP contribution in [-0.2, 0) is 18.4 Å². The lowest BCUT2D eigenvalue weighted by molar-refractivity contribution is -0.330. The first-order valence-corrected chi connectivity index (χ1v) is 3.58. The molecule has 74 valence electrons. The number of rotatable bonds is 2. The lowest BCUT2D eigenvalue weighted by atomic mass is 10.3. The van der Waals surface area contributed by atoms with E-state index in [0.717, 1.165) is 0 Å². The standard InChI is InChI=1S/C7H9F3N2O/c1-5-3-11-12(2)6(5)4-13-7(8,9)10/h3H,4H2,1-2H3. The average Bonchev–Trinajstić information content (AvgIpc) is 2.27. The van der Waals surface area contributed by atoms with Crippen LogP contribution in [0.15, 0.2) is 6.20 Å². The maximum Gasteiger partial charge on any atom is 0.522 e. The summed E-state index contributed by atoms with van der Waals surface area (Å²) < 4.78 is 40.0. The van der Waals surface area contributed by atoms with Gasteiger partial charge < -0.3 is 0 Å². The van der Waals surface area contributed by atoms with Crippen LogP contribution in [0.5, 0.6) is 0 Å². The largest absolute Gasteiger partial charge is 0.522 e. The molecular formula is C7H9F3N2O. The average molecular weight is 194 g/mol. The predicted molar refractivity (Wildman–Crippen MR) is 38.8 cm³/mol. The van der Waals surface area contributed by atoms with Crippen LogP contribution < -0.4 is 0 Å². The number of alkyl halides is 3. The molecule has 6 heteroatoms. The molecule has 1 rings (SSSR count). The van der Waals surface area contributed by atoms with Gasteiger partial charge in [-0.15, -0.1) is 13.2 Å². The van der Waals surface area contributed by atoms with E-state index in [1.54, 1.807) is 14.0 Å². The van der Waals surface area contributed by atoms with Crippen LogP contribution in [0, 0.1) is 6.92 Å². The first-order valence-electron chi connectivity index (χ1n) is 3.58. The Kier molecular flexibility index (Phi) is 2.60. The van der Waals surface area contributed by atoms with Crippen molar-refractivity contribution in [2.24, 2.45) is 7.05 Å². The van der Waals surface area contributed by atoms with Gasteiger partial charge in [-0.2, -0.15) is 5.10 Å². The second-order valence-corrected chi connectivity index (χ2v) is 2.63. The fraction of sp³-hybridized carbons (Fsp3) is 0.571. The molecule has 0 aliphatic carbocycles. The van der Waals surface area contributed by atoms with Gasteiger partial charge in [0.2, 0.25) is 0 Å². The van der Waals surface area contributed by atoms with E-state index in [4.69, 9.17) is 0 Å². The van der Waals surface area contributed by atoms with Crippen molar-refractivity contribution in [3.8, 4) is 0 Å². The van der Waals surface area contributed by atoms with Gasteiger partial charge in [-0.3, -0.25) is 9.42 Å². The molecule has 0 aliphatic rings. The van der Waals surface area contributed by atoms with Crippen molar-refractivity contribution < 1.29 is 17.9 Å². The zero-order valence-electron chi connectivity index (χ0n) is 7.22. The number of aryl methyl sites for hydroxylation is 2. The first kappa shape index (κ1) is 10.0. The lowest BCUT2D eigenvalue weighted by Crippen LogP contribution is -2.15. The molecule has 0 unspecified atom stereocenters. The molecule has 0 fully saturated rings. The molecule has 0 radical (unpaired) electrons. The van der Waals surface area contributed by atoms with Gasteiger partial charge in [-0.05, 0) is 12.5 Å². The minimum Gasteiger partial charge on any atom is -0.285 e. The quantitative estimate of drug-likeness (QED) is 0.717. The smallest absolute Gasteiger partial charge is 0.285 e. The number of hydrogen-bond donors (Lipinski definition) is 0. The Balaban J connectivity index is 2.64. The summed E-state index contributed by atoms with van der Waals surface area (Å²) in [6.45, 7) is 1.19. The van der Waals surface area contributed by atoms with Crippen molar-refractivity contribution in [2.45, 2.75) is 19.9 Å². The predicted octanol–water partition coefficient (Wildman–Crippen LogP) is 1.76. The zero-order chi connectivity index (χ0) is 10.1. The van der Waals surface area contributed by atoms with Crippen LogP contribution in [0.3, 0.4) is 0 Å². The normalized spacial score (nSPS) is 12.1. The summed E-state index contributed by atoms with van der Waals surface area (Å²) in [4.78, 5) is 0. The van der Waals surface area contributed by atoms with E-state index < -0.39 is 13.0 Å². The summed E-state index contributed by atoms with van der Waals surface area (Å²) in [7, 11) is 1.57. The van der Waals surface area contributed by atoms with Gasteiger partial charge in [0.05, 0.1) is 18.5 Å². The third-order valence-corrected chi connectivity index (χ3v) is 1.64. The Morgan fingerprint density at radius 1 is 1.54 bits per heavy atom. The number of nitrogens with zero attached hydrogens (tertiary/aromatic N) is 2. The van der Waals surface area contributed by atoms with Crippen LogP contribution in [0.2, 0.25) is 0 Å². The van der Waals surface area contributed by atoms with Gasteiger partial charge in [0.1, 0.15) is 0 Å². The van der Waals surface area contributed by atoms with Gasteiger partial charge in [0.15, 0.2) is 0 Å². The number of halogens is 3. The Labute approximate surface area is 73.1 Å². The van der Waals surface area contributed by atoms with Crippen LogP contribution in [0.25, 0.3) is 0 Å². The van der Waals surface area contributed by atoms with Gasteiger partial charge in [-0.25, -0.2) is 0 Å². The summed E-state index contributed by atoms with van der Waals surface area (Å²) in [5, 5.41) is 3.79. The molecule has 0 aliphatic heterocycles. The number of hydrogen-bond acceptors (Lipinski definition) is 2. The molecule has 0 atom stereocenters.